The summed E-state index contributed by atoms with van der Waals surface area (Å²) >= 11 is 1.37. The number of methoxy groups -OCH3 is 2. The minimum absolute atomic E-state index is 0.213. The van der Waals surface area contributed by atoms with Gasteiger partial charge in [-0.3, -0.25) is 9.59 Å². The van der Waals surface area contributed by atoms with Gasteiger partial charge in [-0.25, -0.2) is 0 Å². The van der Waals surface area contributed by atoms with Gasteiger partial charge in [-0.15, -0.1) is 11.3 Å². The number of nitrogens with two attached hydrogens (primary N) is 1. The zero-order chi connectivity index (χ0) is 21.6. The highest BCUT2D eigenvalue weighted by Gasteiger charge is 2.41. The zero-order valence-electron chi connectivity index (χ0n) is 17.6. The molecule has 8 heteroatoms. The van der Waals surface area contributed by atoms with E-state index in [0.29, 0.717) is 28.5 Å². The summed E-state index contributed by atoms with van der Waals surface area (Å²) in [5.74, 6) is -0.220. The summed E-state index contributed by atoms with van der Waals surface area (Å²) in [5.41, 5.74) is 6.67. The predicted octanol–water partition coefficient (Wildman–Crippen LogP) is 3.28. The van der Waals surface area contributed by atoms with Gasteiger partial charge >= 0.3 is 0 Å². The number of anilines is 1. The summed E-state index contributed by atoms with van der Waals surface area (Å²) in [6, 6.07) is 5.10. The Morgan fingerprint density at radius 3 is 2.21 bits per heavy atom. The van der Waals surface area contributed by atoms with Crippen molar-refractivity contribution in [1.82, 2.24) is 5.32 Å². The van der Waals surface area contributed by atoms with Crippen LogP contribution in [0.25, 0.3) is 0 Å². The molecule has 0 radical (unpaired) electrons. The molecular weight excluding hydrogens is 390 g/mol. The van der Waals surface area contributed by atoms with E-state index >= 15 is 0 Å². The lowest BCUT2D eigenvalue weighted by Crippen LogP contribution is -2.55. The highest BCUT2D eigenvalue weighted by atomic mass is 32.1. The standard InChI is InChI=1S/C21H27N3O4S/c1-20(2)10-11-14(17(22)25)19(29-16(11)21(3,4)24-20)23-18(26)15-12(27-5)8-7-9-13(15)28-6/h7-9,24H,10H2,1-6H3,(H2,22,25)(H,23,26). The third-order valence-electron chi connectivity index (χ3n) is 4.97. The summed E-state index contributed by atoms with van der Waals surface area (Å²) in [7, 11) is 2.97. The minimum Gasteiger partial charge on any atom is -0.496 e. The fourth-order valence-corrected chi connectivity index (χ4v) is 5.39. The molecule has 0 saturated heterocycles. The Balaban J connectivity index is 2.09. The number of nitrogens with one attached hydrogen (secondary N) is 2. The molecule has 1 aliphatic rings. The first-order chi connectivity index (χ1) is 13.5. The average molecular weight is 418 g/mol. The van der Waals surface area contributed by atoms with Crippen LogP contribution in [0.3, 0.4) is 0 Å². The lowest BCUT2D eigenvalue weighted by atomic mass is 9.81. The maximum atomic E-state index is 13.1. The summed E-state index contributed by atoms with van der Waals surface area (Å²) in [4.78, 5) is 26.5. The normalized spacial score (nSPS) is 16.6. The van der Waals surface area contributed by atoms with Gasteiger partial charge in [0.1, 0.15) is 22.1 Å². The molecule has 0 fully saturated rings. The fraction of sp³-hybridized carbons (Fsp3) is 0.429. The van der Waals surface area contributed by atoms with Crippen LogP contribution in [0.5, 0.6) is 11.5 Å². The van der Waals surface area contributed by atoms with Crippen LogP contribution in [0.1, 0.15) is 58.9 Å². The molecule has 7 nitrogen and oxygen atoms in total. The lowest BCUT2D eigenvalue weighted by Gasteiger charge is -2.42. The number of ether oxygens (including phenoxy) is 2. The van der Waals surface area contributed by atoms with Gasteiger partial charge in [0, 0.05) is 16.0 Å². The van der Waals surface area contributed by atoms with Crippen molar-refractivity contribution in [2.45, 2.75) is 45.2 Å². The molecule has 2 heterocycles. The number of primary amides is 1. The van der Waals surface area contributed by atoms with E-state index in [1.165, 1.54) is 25.6 Å². The molecule has 0 aliphatic carbocycles. The molecule has 3 rings (SSSR count). The Hall–Kier alpha value is -2.58. The largest absolute Gasteiger partial charge is 0.496 e. The molecule has 4 N–H and O–H groups in total. The molecule has 2 amide bonds. The maximum Gasteiger partial charge on any atom is 0.263 e. The Labute approximate surface area is 174 Å². The highest BCUT2D eigenvalue weighted by Crippen LogP contribution is 2.45. The molecule has 0 spiro atoms. The van der Waals surface area contributed by atoms with Crippen LogP contribution in [0.4, 0.5) is 5.00 Å². The molecular formula is C21H27N3O4S. The van der Waals surface area contributed by atoms with Gasteiger partial charge in [-0.05, 0) is 51.8 Å². The molecule has 0 bridgehead atoms. The van der Waals surface area contributed by atoms with E-state index in [2.05, 4.69) is 38.3 Å². The Morgan fingerprint density at radius 1 is 1.10 bits per heavy atom. The Bertz CT molecular complexity index is 956. The van der Waals surface area contributed by atoms with Crippen LogP contribution in [-0.2, 0) is 12.0 Å². The maximum absolute atomic E-state index is 13.1. The zero-order valence-corrected chi connectivity index (χ0v) is 18.4. The van der Waals surface area contributed by atoms with Crippen LogP contribution in [0.2, 0.25) is 0 Å². The van der Waals surface area contributed by atoms with Gasteiger partial charge in [-0.2, -0.15) is 0 Å². The van der Waals surface area contributed by atoms with E-state index < -0.39 is 11.8 Å². The van der Waals surface area contributed by atoms with E-state index in [4.69, 9.17) is 15.2 Å². The Kier molecular flexibility index (Phi) is 5.36. The van der Waals surface area contributed by atoms with E-state index in [-0.39, 0.29) is 16.6 Å². The van der Waals surface area contributed by atoms with Gasteiger partial charge < -0.3 is 25.8 Å². The van der Waals surface area contributed by atoms with Gasteiger partial charge in [0.25, 0.3) is 11.8 Å². The summed E-state index contributed by atoms with van der Waals surface area (Å²) in [6.45, 7) is 8.28. The molecule has 1 aliphatic heterocycles. The summed E-state index contributed by atoms with van der Waals surface area (Å²) in [6.07, 6.45) is 0.633. The molecule has 156 valence electrons. The average Bonchev–Trinajstić information content (AvgIpc) is 2.97. The molecule has 0 atom stereocenters. The minimum atomic E-state index is -0.557. The van der Waals surface area contributed by atoms with Gasteiger partial charge in [0.15, 0.2) is 0 Å². The van der Waals surface area contributed by atoms with Crippen molar-refractivity contribution in [1.29, 1.82) is 0 Å². The number of rotatable bonds is 5. The Morgan fingerprint density at radius 2 is 1.69 bits per heavy atom. The van der Waals surface area contributed by atoms with Gasteiger partial charge in [0.2, 0.25) is 0 Å². The number of carbonyl (C=O) groups is 2. The number of thiophene rings is 1. The van der Waals surface area contributed by atoms with Crippen molar-refractivity contribution >= 4 is 28.2 Å². The number of hydrogen-bond acceptors (Lipinski definition) is 6. The van der Waals surface area contributed by atoms with Crippen molar-refractivity contribution in [3.8, 4) is 11.5 Å². The van der Waals surface area contributed by atoms with Crippen LogP contribution < -0.4 is 25.8 Å². The van der Waals surface area contributed by atoms with Crippen molar-refractivity contribution < 1.29 is 19.1 Å². The number of carbonyl (C=O) groups excluding carboxylic acids is 2. The second kappa shape index (κ2) is 7.35. The van der Waals surface area contributed by atoms with E-state index in [1.807, 2.05) is 0 Å². The quantitative estimate of drug-likeness (QED) is 0.693. The molecule has 2 aromatic rings. The van der Waals surface area contributed by atoms with Crippen molar-refractivity contribution in [2.75, 3.05) is 19.5 Å². The number of benzene rings is 1. The third kappa shape index (κ3) is 3.82. The SMILES string of the molecule is COc1cccc(OC)c1C(=O)Nc1sc2c(c1C(N)=O)CC(C)(C)NC2(C)C. The number of amides is 2. The van der Waals surface area contributed by atoms with Crippen LogP contribution in [0, 0.1) is 0 Å². The first-order valence-electron chi connectivity index (χ1n) is 9.28. The predicted molar refractivity (Wildman–Crippen MR) is 114 cm³/mol. The number of fused-ring (bicyclic) bond motifs is 1. The van der Waals surface area contributed by atoms with E-state index in [0.717, 1.165) is 10.4 Å². The van der Waals surface area contributed by atoms with Crippen LogP contribution >= 0.6 is 11.3 Å². The summed E-state index contributed by atoms with van der Waals surface area (Å²) < 4.78 is 10.7. The second-order valence-corrected chi connectivity index (χ2v) is 9.30. The van der Waals surface area contributed by atoms with Crippen molar-refractivity contribution in [2.24, 2.45) is 5.73 Å². The van der Waals surface area contributed by atoms with Gasteiger partial charge in [-0.1, -0.05) is 6.07 Å². The van der Waals surface area contributed by atoms with Crippen LogP contribution in [-0.4, -0.2) is 31.6 Å². The molecule has 0 unspecified atom stereocenters. The first-order valence-corrected chi connectivity index (χ1v) is 10.1. The highest BCUT2D eigenvalue weighted by molar-refractivity contribution is 7.17. The monoisotopic (exact) mass is 417 g/mol. The fourth-order valence-electron chi connectivity index (χ4n) is 4.12. The van der Waals surface area contributed by atoms with E-state index in [1.54, 1.807) is 18.2 Å². The third-order valence-corrected chi connectivity index (χ3v) is 6.44. The smallest absolute Gasteiger partial charge is 0.263 e. The topological polar surface area (TPSA) is 103 Å². The van der Waals surface area contributed by atoms with Crippen LogP contribution in [0.15, 0.2) is 18.2 Å². The first kappa shape index (κ1) is 21.1. The molecule has 0 saturated carbocycles. The van der Waals surface area contributed by atoms with Gasteiger partial charge in [0.05, 0.1) is 19.8 Å². The molecule has 29 heavy (non-hydrogen) atoms. The van der Waals surface area contributed by atoms with Crippen molar-refractivity contribution in [3.05, 3.63) is 39.8 Å². The molecule has 1 aromatic heterocycles. The number of hydrogen-bond donors (Lipinski definition) is 3. The summed E-state index contributed by atoms with van der Waals surface area (Å²) in [5, 5.41) is 6.90. The second-order valence-electron chi connectivity index (χ2n) is 8.28. The molecule has 1 aromatic carbocycles. The van der Waals surface area contributed by atoms with E-state index in [9.17, 15) is 9.59 Å². The lowest BCUT2D eigenvalue weighted by molar-refractivity contribution is 0.0999. The van der Waals surface area contributed by atoms with Crippen molar-refractivity contribution in [3.63, 3.8) is 0 Å².